The Hall–Kier alpha value is -2.31. The Morgan fingerprint density at radius 3 is 1.17 bits per heavy atom. The van der Waals surface area contributed by atoms with Gasteiger partial charge in [-0.2, -0.15) is 65.9 Å². The molecule has 0 aliphatic carbocycles. The molecule has 0 aromatic carbocycles. The number of amides is 1. The summed E-state index contributed by atoms with van der Waals surface area (Å²) in [5.74, 6) is -51.8. The van der Waals surface area contributed by atoms with Crippen molar-refractivity contribution in [3.8, 4) is 0 Å². The van der Waals surface area contributed by atoms with Gasteiger partial charge in [0, 0.05) is 0 Å². The van der Waals surface area contributed by atoms with Crippen molar-refractivity contribution >= 4 is 12.1 Å². The van der Waals surface area contributed by atoms with E-state index >= 15 is 0 Å². The van der Waals surface area contributed by atoms with Crippen LogP contribution in [0.15, 0.2) is 0 Å². The molecule has 0 bridgehead atoms. The highest BCUT2D eigenvalue weighted by Gasteiger charge is 2.94. The van der Waals surface area contributed by atoms with Crippen molar-refractivity contribution < 1.29 is 84.9 Å². The van der Waals surface area contributed by atoms with Gasteiger partial charge in [-0.15, -0.1) is 0 Å². The second-order valence-electron chi connectivity index (χ2n) is 7.20. The number of alkyl halides is 15. The van der Waals surface area contributed by atoms with Crippen molar-refractivity contribution in [3.05, 3.63) is 0 Å². The van der Waals surface area contributed by atoms with Crippen LogP contribution in [0.4, 0.5) is 70.7 Å². The van der Waals surface area contributed by atoms with Crippen molar-refractivity contribution in [2.45, 2.75) is 75.0 Å². The minimum atomic E-state index is -8.44. The molecule has 35 heavy (non-hydrogen) atoms. The molecule has 1 amide bonds. The molecule has 0 spiro atoms. The summed E-state index contributed by atoms with van der Waals surface area (Å²) >= 11 is 0. The minimum Gasteiger partial charge on any atom is -0.455 e. The van der Waals surface area contributed by atoms with E-state index < -0.39 is 59.4 Å². The Kier molecular flexibility index (Phi) is 9.94. The first-order valence-electron chi connectivity index (χ1n) is 8.39. The molecule has 0 radical (unpaired) electrons. The second kappa shape index (κ2) is 9.98. The number of nitrogens with two attached hydrogens (primary N) is 1. The molecular formula is C15H16F15NO4. The average Bonchev–Trinajstić information content (AvgIpc) is 2.58. The number of carbonyl (C=O) groups excluding carboxylic acids is 2. The zero-order valence-electron chi connectivity index (χ0n) is 17.6. The summed E-state index contributed by atoms with van der Waals surface area (Å²) in [4.78, 5) is 20.6. The van der Waals surface area contributed by atoms with Crippen LogP contribution in [0.2, 0.25) is 0 Å². The van der Waals surface area contributed by atoms with E-state index in [9.17, 15) is 75.4 Å². The Morgan fingerprint density at radius 2 is 0.943 bits per heavy atom. The smallest absolute Gasteiger partial charge is 0.455 e. The van der Waals surface area contributed by atoms with Gasteiger partial charge < -0.3 is 15.2 Å². The van der Waals surface area contributed by atoms with E-state index in [1.54, 1.807) is 6.92 Å². The lowest BCUT2D eigenvalue weighted by Gasteiger charge is -2.41. The largest absolute Gasteiger partial charge is 0.460 e. The van der Waals surface area contributed by atoms with Gasteiger partial charge in [-0.3, -0.25) is 0 Å². The first kappa shape index (κ1) is 34.9. The summed E-state index contributed by atoms with van der Waals surface area (Å²) < 4.78 is 201. The van der Waals surface area contributed by atoms with Crippen LogP contribution in [0.5, 0.6) is 0 Å². The standard InChI is InChI=1S/C12H9F15O2.C3H7NO2/c1-5(2,3)29-4(28)6(13,14)7(15,16)8(17,18)9(19,20)10(21,22)11(23,24)12(25,26)27;1-2-6-3(4)5/h1-3H3;2H2,1H3,(H2,4,5). The predicted molar refractivity (Wildman–Crippen MR) is 82.8 cm³/mol. The van der Waals surface area contributed by atoms with Crippen molar-refractivity contribution in [1.29, 1.82) is 0 Å². The van der Waals surface area contributed by atoms with Gasteiger partial charge in [-0.05, 0) is 27.7 Å². The Labute approximate surface area is 185 Å². The van der Waals surface area contributed by atoms with E-state index in [0.717, 1.165) is 0 Å². The number of hydrogen-bond donors (Lipinski definition) is 1. The highest BCUT2D eigenvalue weighted by Crippen LogP contribution is 2.62. The molecule has 0 aliphatic heterocycles. The Balaban J connectivity index is 0. The molecule has 0 unspecified atom stereocenters. The third-order valence-electron chi connectivity index (χ3n) is 3.27. The summed E-state index contributed by atoms with van der Waals surface area (Å²) in [7, 11) is 0. The van der Waals surface area contributed by atoms with Gasteiger partial charge in [-0.1, -0.05) is 0 Å². The molecule has 0 heterocycles. The van der Waals surface area contributed by atoms with Gasteiger partial charge in [-0.25, -0.2) is 9.59 Å². The lowest BCUT2D eigenvalue weighted by Crippen LogP contribution is -2.73. The number of rotatable bonds is 7. The lowest BCUT2D eigenvalue weighted by atomic mass is 9.91. The van der Waals surface area contributed by atoms with Crippen LogP contribution in [0.3, 0.4) is 0 Å². The van der Waals surface area contributed by atoms with Crippen LogP contribution < -0.4 is 5.73 Å². The maximum absolute atomic E-state index is 13.4. The average molecular weight is 559 g/mol. The fourth-order valence-electron chi connectivity index (χ4n) is 1.58. The van der Waals surface area contributed by atoms with E-state index in [4.69, 9.17) is 0 Å². The van der Waals surface area contributed by atoms with Crippen LogP contribution in [0.1, 0.15) is 27.7 Å². The Bertz CT molecular complexity index is 756. The van der Waals surface area contributed by atoms with Crippen LogP contribution >= 0.6 is 0 Å². The zero-order chi connectivity index (χ0) is 29.3. The lowest BCUT2D eigenvalue weighted by molar-refractivity contribution is -0.450. The monoisotopic (exact) mass is 559 g/mol. The normalized spacial score (nSPS) is 14.6. The molecule has 0 aliphatic rings. The first-order chi connectivity index (χ1) is 14.9. The second-order valence-corrected chi connectivity index (χ2v) is 7.20. The maximum atomic E-state index is 13.4. The number of esters is 1. The number of primary amides is 1. The van der Waals surface area contributed by atoms with Gasteiger partial charge in [0.15, 0.2) is 0 Å². The number of carbonyl (C=O) groups is 2. The molecule has 0 fully saturated rings. The molecule has 0 rings (SSSR count). The third-order valence-corrected chi connectivity index (χ3v) is 3.27. The van der Waals surface area contributed by atoms with E-state index in [-0.39, 0.29) is 0 Å². The SMILES string of the molecule is CC(C)(C)OC(=O)C(F)(F)C(F)(F)C(F)(F)C(F)(F)C(F)(F)C(F)(F)C(F)(F)F.CCOC(N)=O. The van der Waals surface area contributed by atoms with Crippen LogP contribution in [0.25, 0.3) is 0 Å². The predicted octanol–water partition coefficient (Wildman–Crippen LogP) is 5.80. The van der Waals surface area contributed by atoms with E-state index in [1.165, 1.54) is 0 Å². The van der Waals surface area contributed by atoms with Crippen molar-refractivity contribution in [2.75, 3.05) is 6.61 Å². The molecule has 5 nitrogen and oxygen atoms in total. The van der Waals surface area contributed by atoms with E-state index in [0.29, 0.717) is 27.4 Å². The van der Waals surface area contributed by atoms with Crippen molar-refractivity contribution in [2.24, 2.45) is 5.73 Å². The topological polar surface area (TPSA) is 78.6 Å². The molecule has 2 N–H and O–H groups in total. The van der Waals surface area contributed by atoms with Gasteiger partial charge in [0.05, 0.1) is 6.61 Å². The third kappa shape index (κ3) is 6.47. The molecular weight excluding hydrogens is 543 g/mol. The molecule has 0 aromatic rings. The number of hydrogen-bond acceptors (Lipinski definition) is 4. The molecule has 20 heteroatoms. The van der Waals surface area contributed by atoms with E-state index in [2.05, 4.69) is 15.2 Å². The molecule has 0 saturated heterocycles. The maximum Gasteiger partial charge on any atom is 0.460 e. The summed E-state index contributed by atoms with van der Waals surface area (Å²) in [6.45, 7) is 4.11. The minimum absolute atomic E-state index is 0.356. The highest BCUT2D eigenvalue weighted by atomic mass is 19.4. The van der Waals surface area contributed by atoms with Crippen LogP contribution in [-0.2, 0) is 14.3 Å². The van der Waals surface area contributed by atoms with Gasteiger partial charge in [0.2, 0.25) is 0 Å². The van der Waals surface area contributed by atoms with Crippen LogP contribution in [0, 0.1) is 0 Å². The van der Waals surface area contributed by atoms with Crippen molar-refractivity contribution in [1.82, 2.24) is 0 Å². The molecule has 0 aromatic heterocycles. The summed E-state index contributed by atoms with van der Waals surface area (Å²) in [6, 6.07) is 0. The molecule has 0 saturated carbocycles. The fraction of sp³-hybridized carbons (Fsp3) is 0.867. The van der Waals surface area contributed by atoms with E-state index in [1.807, 2.05) is 0 Å². The summed E-state index contributed by atoms with van der Waals surface area (Å²) in [6.07, 6.45) is -8.39. The van der Waals surface area contributed by atoms with Crippen LogP contribution in [-0.4, -0.2) is 66.0 Å². The summed E-state index contributed by atoms with van der Waals surface area (Å²) in [5, 5.41) is 0. The molecule has 0 atom stereocenters. The first-order valence-corrected chi connectivity index (χ1v) is 8.39. The van der Waals surface area contributed by atoms with Gasteiger partial charge in [0.25, 0.3) is 0 Å². The number of halogens is 15. The summed E-state index contributed by atoms with van der Waals surface area (Å²) in [5.41, 5.74) is 2.39. The Morgan fingerprint density at radius 1 is 0.629 bits per heavy atom. The zero-order valence-corrected chi connectivity index (χ0v) is 17.6. The number of ether oxygens (including phenoxy) is 2. The van der Waals surface area contributed by atoms with Gasteiger partial charge >= 0.3 is 53.8 Å². The fourth-order valence-corrected chi connectivity index (χ4v) is 1.58. The molecule has 210 valence electrons. The van der Waals surface area contributed by atoms with Crippen molar-refractivity contribution in [3.63, 3.8) is 0 Å². The quantitative estimate of drug-likeness (QED) is 0.316. The highest BCUT2D eigenvalue weighted by molar-refractivity contribution is 5.79. The van der Waals surface area contributed by atoms with Gasteiger partial charge in [0.1, 0.15) is 5.60 Å².